The van der Waals surface area contributed by atoms with Crippen molar-refractivity contribution in [3.8, 4) is 0 Å². The number of carbonyl (C=O) groups excluding carboxylic acids is 1. The highest BCUT2D eigenvalue weighted by atomic mass is 32.2. The van der Waals surface area contributed by atoms with Crippen LogP contribution in [0.5, 0.6) is 0 Å². The fraction of sp³-hybridized carbons (Fsp3) is 0.143. The molecule has 0 atom stereocenters. The zero-order valence-corrected chi connectivity index (χ0v) is 12.8. The average Bonchev–Trinajstić information content (AvgIpc) is 2.50. The molecule has 4 N–H and O–H groups in total. The number of rotatable bonds is 8. The number of benzene rings is 1. The Bertz CT molecular complexity index is 710. The number of hydrogen-bond acceptors (Lipinski definition) is 6. The molecule has 0 heterocycles. The van der Waals surface area contributed by atoms with Crippen LogP contribution in [0.15, 0.2) is 48.1 Å². The Hall–Kier alpha value is -2.49. The van der Waals surface area contributed by atoms with E-state index in [2.05, 4.69) is 4.84 Å². The van der Waals surface area contributed by atoms with Gasteiger partial charge in [0.25, 0.3) is 0 Å². The molecular weight excluding hydrogens is 324 g/mol. The Balaban J connectivity index is 2.78. The van der Waals surface area contributed by atoms with Crippen molar-refractivity contribution in [3.63, 3.8) is 0 Å². The minimum absolute atomic E-state index is 0.172. The zero-order chi connectivity index (χ0) is 17.3. The van der Waals surface area contributed by atoms with Gasteiger partial charge in [-0.1, -0.05) is 42.5 Å². The van der Waals surface area contributed by atoms with E-state index in [9.17, 15) is 18.0 Å². The van der Waals surface area contributed by atoms with Gasteiger partial charge in [-0.15, -0.1) is 0 Å². The number of aliphatic carboxylic acids is 1. The van der Waals surface area contributed by atoms with Gasteiger partial charge in [0.2, 0.25) is 10.0 Å². The van der Waals surface area contributed by atoms with Gasteiger partial charge in [-0.2, -0.15) is 0 Å². The smallest absolute Gasteiger partial charge is 0.365 e. The maximum absolute atomic E-state index is 11.6. The van der Waals surface area contributed by atoms with Crippen molar-refractivity contribution in [3.05, 3.63) is 53.6 Å². The summed E-state index contributed by atoms with van der Waals surface area (Å²) in [6.07, 6.45) is 3.93. The van der Waals surface area contributed by atoms with E-state index in [-0.39, 0.29) is 6.54 Å². The van der Waals surface area contributed by atoms with Crippen LogP contribution in [0.3, 0.4) is 0 Å². The predicted octanol–water partition coefficient (Wildman–Crippen LogP) is 0.0471. The zero-order valence-electron chi connectivity index (χ0n) is 12.0. The highest BCUT2D eigenvalue weighted by Gasteiger charge is 2.21. The molecule has 23 heavy (non-hydrogen) atoms. The summed E-state index contributed by atoms with van der Waals surface area (Å²) in [7, 11) is -3.91. The molecule has 0 amide bonds. The first-order chi connectivity index (χ1) is 10.9. The van der Waals surface area contributed by atoms with Gasteiger partial charge in [-0.25, -0.2) is 18.0 Å². The number of sulfonamides is 1. The summed E-state index contributed by atoms with van der Waals surface area (Å²) in [6, 6.07) is 8.97. The number of hydrogen-bond donors (Lipinski definition) is 3. The topological polar surface area (TPSA) is 136 Å². The molecule has 0 aliphatic carbocycles. The van der Waals surface area contributed by atoms with E-state index in [0.717, 1.165) is 11.6 Å². The minimum Gasteiger partial charge on any atom is -0.477 e. The van der Waals surface area contributed by atoms with Gasteiger partial charge in [-0.05, 0) is 16.5 Å². The van der Waals surface area contributed by atoms with Crippen molar-refractivity contribution in [2.24, 2.45) is 5.73 Å². The Labute approximate surface area is 133 Å². The summed E-state index contributed by atoms with van der Waals surface area (Å²) in [6.45, 7) is -0.172. The lowest BCUT2D eigenvalue weighted by molar-refractivity contribution is -0.146. The maximum Gasteiger partial charge on any atom is 0.365 e. The van der Waals surface area contributed by atoms with Crippen LogP contribution >= 0.6 is 0 Å². The summed E-state index contributed by atoms with van der Waals surface area (Å²) < 4.78 is 22.6. The summed E-state index contributed by atoms with van der Waals surface area (Å²) in [5.74, 6) is -3.35. The number of allylic oxidation sites excluding steroid dienone is 2. The average molecular weight is 340 g/mol. The number of carbonyl (C=O) groups is 2. The Morgan fingerprint density at radius 1 is 1.26 bits per heavy atom. The molecule has 1 aromatic rings. The lowest BCUT2D eigenvalue weighted by Crippen LogP contribution is -2.33. The first kappa shape index (κ1) is 18.6. The molecule has 0 spiro atoms. The van der Waals surface area contributed by atoms with E-state index >= 15 is 0 Å². The molecule has 0 bridgehead atoms. The standard InChI is InChI=1S/C14H16N2O6S/c15-9-10-23(20,21)16-22-14(19)12(13(17)18)8-4-7-11-5-2-1-3-6-11/h1-8,16H,9-10,15H2,(H,17,18). The third-order valence-electron chi connectivity index (χ3n) is 2.45. The van der Waals surface area contributed by atoms with Crippen LogP contribution in [-0.2, 0) is 24.4 Å². The molecule has 0 unspecified atom stereocenters. The highest BCUT2D eigenvalue weighted by Crippen LogP contribution is 2.04. The summed E-state index contributed by atoms with van der Waals surface area (Å²) in [5.41, 5.74) is 5.14. The van der Waals surface area contributed by atoms with Crippen LogP contribution in [0.1, 0.15) is 5.56 Å². The van der Waals surface area contributed by atoms with Gasteiger partial charge < -0.3 is 15.7 Å². The molecule has 0 radical (unpaired) electrons. The fourth-order valence-electron chi connectivity index (χ4n) is 1.40. The fourth-order valence-corrected chi connectivity index (χ4v) is 2.00. The lowest BCUT2D eigenvalue weighted by Gasteiger charge is -2.05. The Morgan fingerprint density at radius 2 is 1.91 bits per heavy atom. The molecule has 0 aliphatic rings. The highest BCUT2D eigenvalue weighted by molar-refractivity contribution is 7.89. The monoisotopic (exact) mass is 340 g/mol. The second-order valence-corrected chi connectivity index (χ2v) is 6.04. The van der Waals surface area contributed by atoms with E-state index < -0.39 is 33.3 Å². The second-order valence-electron chi connectivity index (χ2n) is 4.24. The predicted molar refractivity (Wildman–Crippen MR) is 83.3 cm³/mol. The van der Waals surface area contributed by atoms with Gasteiger partial charge in [0, 0.05) is 6.54 Å². The van der Waals surface area contributed by atoms with E-state index in [1.165, 1.54) is 11.0 Å². The second kappa shape index (κ2) is 8.83. The van der Waals surface area contributed by atoms with Gasteiger partial charge in [0.1, 0.15) is 5.57 Å². The first-order valence-electron chi connectivity index (χ1n) is 6.43. The van der Waals surface area contributed by atoms with Crippen molar-refractivity contribution < 1.29 is 28.0 Å². The van der Waals surface area contributed by atoms with Crippen LogP contribution in [0.4, 0.5) is 0 Å². The van der Waals surface area contributed by atoms with Crippen molar-refractivity contribution in [1.29, 1.82) is 0 Å². The number of nitrogens with one attached hydrogen (secondary N) is 1. The van der Waals surface area contributed by atoms with Crippen LogP contribution in [0, 0.1) is 0 Å². The summed E-state index contributed by atoms with van der Waals surface area (Å²) in [4.78, 5) is 28.4. The van der Waals surface area contributed by atoms with Crippen LogP contribution in [-0.4, -0.2) is 37.8 Å². The molecule has 0 saturated heterocycles. The third kappa shape index (κ3) is 6.87. The molecule has 0 aromatic heterocycles. The molecule has 0 fully saturated rings. The Morgan fingerprint density at radius 3 is 2.48 bits per heavy atom. The summed E-state index contributed by atoms with van der Waals surface area (Å²) >= 11 is 0. The largest absolute Gasteiger partial charge is 0.477 e. The van der Waals surface area contributed by atoms with E-state index in [1.807, 2.05) is 6.07 Å². The molecular formula is C14H16N2O6S. The molecule has 0 aliphatic heterocycles. The van der Waals surface area contributed by atoms with Gasteiger partial charge in [-0.3, -0.25) is 0 Å². The number of nitrogens with two attached hydrogens (primary N) is 1. The molecule has 124 valence electrons. The molecule has 9 heteroatoms. The van der Waals surface area contributed by atoms with Crippen molar-refractivity contribution >= 4 is 28.0 Å². The third-order valence-corrected chi connectivity index (χ3v) is 3.56. The van der Waals surface area contributed by atoms with E-state index in [0.29, 0.717) is 0 Å². The quantitative estimate of drug-likeness (QED) is 0.200. The van der Waals surface area contributed by atoms with Gasteiger partial charge >= 0.3 is 11.9 Å². The number of carboxylic acid groups (broad SMARTS) is 1. The lowest BCUT2D eigenvalue weighted by atomic mass is 10.2. The maximum atomic E-state index is 11.6. The van der Waals surface area contributed by atoms with Crippen molar-refractivity contribution in [1.82, 2.24) is 4.89 Å². The molecule has 0 saturated carbocycles. The normalized spacial score (nSPS) is 12.3. The number of carboxylic acids is 1. The van der Waals surface area contributed by atoms with Crippen molar-refractivity contribution in [2.75, 3.05) is 12.3 Å². The van der Waals surface area contributed by atoms with Gasteiger partial charge in [0.15, 0.2) is 0 Å². The first-order valence-corrected chi connectivity index (χ1v) is 8.08. The molecule has 1 aromatic carbocycles. The van der Waals surface area contributed by atoms with Crippen LogP contribution in [0.25, 0.3) is 6.08 Å². The van der Waals surface area contributed by atoms with E-state index in [4.69, 9.17) is 10.8 Å². The minimum atomic E-state index is -3.91. The van der Waals surface area contributed by atoms with Crippen LogP contribution < -0.4 is 10.6 Å². The van der Waals surface area contributed by atoms with Crippen molar-refractivity contribution in [2.45, 2.75) is 0 Å². The Kier molecular flexibility index (Phi) is 7.13. The van der Waals surface area contributed by atoms with E-state index in [1.54, 1.807) is 30.3 Å². The van der Waals surface area contributed by atoms with Crippen LogP contribution in [0.2, 0.25) is 0 Å². The molecule has 1 rings (SSSR count). The van der Waals surface area contributed by atoms with Gasteiger partial charge in [0.05, 0.1) is 5.75 Å². The molecule has 8 nitrogen and oxygen atoms in total. The SMILES string of the molecule is NCCS(=O)(=O)NOC(=O)C(=CC=Cc1ccccc1)C(=O)O. The summed E-state index contributed by atoms with van der Waals surface area (Å²) in [5, 5.41) is 8.97.